The van der Waals surface area contributed by atoms with Gasteiger partial charge in [0.15, 0.2) is 0 Å². The Bertz CT molecular complexity index is 404. The number of piperidine rings is 1. The normalized spacial score (nSPS) is 26.2. The Balaban J connectivity index is 1.75. The largest absolute Gasteiger partial charge is 0.314 e. The molecule has 1 aromatic heterocycles. The molecular weight excluding hydrogens is 224 g/mol. The summed E-state index contributed by atoms with van der Waals surface area (Å²) in [6.07, 6.45) is 4.88. The zero-order chi connectivity index (χ0) is 12.5. The van der Waals surface area contributed by atoms with Gasteiger partial charge >= 0.3 is 0 Å². The molecule has 4 heteroatoms. The molecule has 1 fully saturated rings. The SMILES string of the molecule is CCN1CCC(c2nnc3n2CC(C)CC3)CC1. The van der Waals surface area contributed by atoms with Crippen molar-refractivity contribution >= 4 is 0 Å². The van der Waals surface area contributed by atoms with Gasteiger partial charge in [-0.05, 0) is 44.8 Å². The van der Waals surface area contributed by atoms with E-state index in [4.69, 9.17) is 0 Å². The summed E-state index contributed by atoms with van der Waals surface area (Å²) >= 11 is 0. The van der Waals surface area contributed by atoms with Crippen molar-refractivity contribution in [1.82, 2.24) is 19.7 Å². The number of fused-ring (bicyclic) bond motifs is 1. The molecule has 3 rings (SSSR count). The number of hydrogen-bond acceptors (Lipinski definition) is 3. The van der Waals surface area contributed by atoms with Crippen LogP contribution in [0.5, 0.6) is 0 Å². The zero-order valence-electron chi connectivity index (χ0n) is 11.6. The summed E-state index contributed by atoms with van der Waals surface area (Å²) in [6.45, 7) is 9.35. The molecule has 1 atom stereocenters. The van der Waals surface area contributed by atoms with Gasteiger partial charge in [-0.15, -0.1) is 10.2 Å². The highest BCUT2D eigenvalue weighted by Crippen LogP contribution is 2.29. The second-order valence-electron chi connectivity index (χ2n) is 5.94. The monoisotopic (exact) mass is 248 g/mol. The Morgan fingerprint density at radius 3 is 2.67 bits per heavy atom. The van der Waals surface area contributed by atoms with Gasteiger partial charge in [0.05, 0.1) is 0 Å². The summed E-state index contributed by atoms with van der Waals surface area (Å²) in [5, 5.41) is 8.91. The third-order valence-electron chi connectivity index (χ3n) is 4.61. The third kappa shape index (κ3) is 2.18. The van der Waals surface area contributed by atoms with Crippen LogP contribution < -0.4 is 0 Å². The molecule has 2 aliphatic rings. The van der Waals surface area contributed by atoms with Gasteiger partial charge < -0.3 is 9.47 Å². The molecular formula is C14H24N4. The van der Waals surface area contributed by atoms with E-state index in [1.54, 1.807) is 0 Å². The van der Waals surface area contributed by atoms with Crippen molar-refractivity contribution in [3.05, 3.63) is 11.6 Å². The lowest BCUT2D eigenvalue weighted by atomic mass is 9.94. The maximum atomic E-state index is 4.50. The number of hydrogen-bond donors (Lipinski definition) is 0. The number of nitrogens with zero attached hydrogens (tertiary/aromatic N) is 4. The average Bonchev–Trinajstić information content (AvgIpc) is 2.82. The fourth-order valence-electron chi connectivity index (χ4n) is 3.32. The summed E-state index contributed by atoms with van der Waals surface area (Å²) in [7, 11) is 0. The van der Waals surface area contributed by atoms with E-state index in [0.29, 0.717) is 5.92 Å². The zero-order valence-corrected chi connectivity index (χ0v) is 11.6. The lowest BCUT2D eigenvalue weighted by Crippen LogP contribution is -2.34. The van der Waals surface area contributed by atoms with Crippen LogP contribution in [0.4, 0.5) is 0 Å². The number of likely N-dealkylation sites (tertiary alicyclic amines) is 1. The fourth-order valence-corrected chi connectivity index (χ4v) is 3.32. The van der Waals surface area contributed by atoms with Gasteiger partial charge in [0, 0.05) is 18.9 Å². The van der Waals surface area contributed by atoms with E-state index in [0.717, 1.165) is 18.9 Å². The minimum absolute atomic E-state index is 0.638. The molecule has 2 aliphatic heterocycles. The van der Waals surface area contributed by atoms with Gasteiger partial charge in [0.2, 0.25) is 0 Å². The van der Waals surface area contributed by atoms with E-state index in [9.17, 15) is 0 Å². The quantitative estimate of drug-likeness (QED) is 0.803. The number of rotatable bonds is 2. The van der Waals surface area contributed by atoms with E-state index >= 15 is 0 Å². The molecule has 0 N–H and O–H groups in total. The minimum Gasteiger partial charge on any atom is -0.314 e. The van der Waals surface area contributed by atoms with E-state index in [1.807, 2.05) is 0 Å². The molecule has 1 unspecified atom stereocenters. The van der Waals surface area contributed by atoms with E-state index < -0.39 is 0 Å². The van der Waals surface area contributed by atoms with Gasteiger partial charge in [0.25, 0.3) is 0 Å². The summed E-state index contributed by atoms with van der Waals surface area (Å²) in [6, 6.07) is 0. The van der Waals surface area contributed by atoms with Gasteiger partial charge in [0.1, 0.15) is 11.6 Å². The summed E-state index contributed by atoms with van der Waals surface area (Å²) in [4.78, 5) is 2.53. The van der Waals surface area contributed by atoms with Crippen LogP contribution in [0.2, 0.25) is 0 Å². The van der Waals surface area contributed by atoms with E-state index in [1.165, 1.54) is 50.5 Å². The van der Waals surface area contributed by atoms with Crippen molar-refractivity contribution in [1.29, 1.82) is 0 Å². The highest BCUT2D eigenvalue weighted by atomic mass is 15.3. The van der Waals surface area contributed by atoms with Crippen LogP contribution in [-0.4, -0.2) is 39.3 Å². The molecule has 1 saturated heterocycles. The van der Waals surface area contributed by atoms with Crippen LogP contribution in [0.15, 0.2) is 0 Å². The second-order valence-corrected chi connectivity index (χ2v) is 5.94. The first kappa shape index (κ1) is 12.2. The molecule has 4 nitrogen and oxygen atoms in total. The molecule has 0 saturated carbocycles. The predicted octanol–water partition coefficient (Wildman–Crippen LogP) is 2.06. The van der Waals surface area contributed by atoms with Crippen molar-refractivity contribution in [2.45, 2.75) is 52.0 Å². The predicted molar refractivity (Wildman–Crippen MR) is 71.6 cm³/mol. The Labute approximate surface area is 109 Å². The Hall–Kier alpha value is -0.900. The number of aromatic nitrogens is 3. The molecule has 0 radical (unpaired) electrons. The van der Waals surface area contributed by atoms with Crippen molar-refractivity contribution in [3.8, 4) is 0 Å². The fraction of sp³-hybridized carbons (Fsp3) is 0.857. The molecule has 0 aromatic carbocycles. The van der Waals surface area contributed by atoms with Crippen molar-refractivity contribution in [3.63, 3.8) is 0 Å². The molecule has 3 heterocycles. The Kier molecular flexibility index (Phi) is 3.37. The molecule has 0 amide bonds. The first-order valence-corrected chi connectivity index (χ1v) is 7.42. The number of aryl methyl sites for hydroxylation is 1. The molecule has 0 bridgehead atoms. The van der Waals surface area contributed by atoms with Crippen LogP contribution in [0, 0.1) is 5.92 Å². The van der Waals surface area contributed by atoms with Gasteiger partial charge in [-0.25, -0.2) is 0 Å². The van der Waals surface area contributed by atoms with Crippen LogP contribution in [-0.2, 0) is 13.0 Å². The maximum absolute atomic E-state index is 4.50. The van der Waals surface area contributed by atoms with Gasteiger partial charge in [-0.1, -0.05) is 13.8 Å². The molecule has 100 valence electrons. The third-order valence-corrected chi connectivity index (χ3v) is 4.61. The van der Waals surface area contributed by atoms with Gasteiger partial charge in [-0.2, -0.15) is 0 Å². The van der Waals surface area contributed by atoms with Crippen molar-refractivity contribution in [2.75, 3.05) is 19.6 Å². The molecule has 1 aromatic rings. The summed E-state index contributed by atoms with van der Waals surface area (Å²) < 4.78 is 2.42. The summed E-state index contributed by atoms with van der Waals surface area (Å²) in [5.74, 6) is 3.91. The highest BCUT2D eigenvalue weighted by molar-refractivity contribution is 5.06. The Morgan fingerprint density at radius 1 is 1.17 bits per heavy atom. The van der Waals surface area contributed by atoms with Crippen LogP contribution in [0.25, 0.3) is 0 Å². The smallest absolute Gasteiger partial charge is 0.136 e. The highest BCUT2D eigenvalue weighted by Gasteiger charge is 2.27. The Morgan fingerprint density at radius 2 is 1.94 bits per heavy atom. The topological polar surface area (TPSA) is 34.0 Å². The van der Waals surface area contributed by atoms with Gasteiger partial charge in [-0.3, -0.25) is 0 Å². The van der Waals surface area contributed by atoms with E-state index in [-0.39, 0.29) is 0 Å². The average molecular weight is 248 g/mol. The first-order chi connectivity index (χ1) is 8.78. The van der Waals surface area contributed by atoms with Crippen molar-refractivity contribution < 1.29 is 0 Å². The molecule has 18 heavy (non-hydrogen) atoms. The maximum Gasteiger partial charge on any atom is 0.136 e. The lowest BCUT2D eigenvalue weighted by Gasteiger charge is -2.31. The minimum atomic E-state index is 0.638. The van der Waals surface area contributed by atoms with Crippen molar-refractivity contribution in [2.24, 2.45) is 5.92 Å². The summed E-state index contributed by atoms with van der Waals surface area (Å²) in [5.41, 5.74) is 0. The standard InChI is InChI=1S/C14H24N4/c1-3-17-8-6-12(7-9-17)14-16-15-13-5-4-11(2)10-18(13)14/h11-12H,3-10H2,1-2H3. The second kappa shape index (κ2) is 5.00. The molecule has 0 aliphatic carbocycles. The van der Waals surface area contributed by atoms with Crippen LogP contribution in [0.1, 0.15) is 50.7 Å². The molecule has 0 spiro atoms. The van der Waals surface area contributed by atoms with Crippen LogP contribution in [0.3, 0.4) is 0 Å². The van der Waals surface area contributed by atoms with E-state index in [2.05, 4.69) is 33.5 Å². The lowest BCUT2D eigenvalue weighted by molar-refractivity contribution is 0.215. The van der Waals surface area contributed by atoms with Crippen LogP contribution >= 0.6 is 0 Å². The first-order valence-electron chi connectivity index (χ1n) is 7.42.